The predicted molar refractivity (Wildman–Crippen MR) is 71.4 cm³/mol. The lowest BCUT2D eigenvalue weighted by Gasteiger charge is -2.41. The fourth-order valence-corrected chi connectivity index (χ4v) is 3.58. The fourth-order valence-electron chi connectivity index (χ4n) is 3.58. The van der Waals surface area contributed by atoms with Crippen LogP contribution in [0, 0.1) is 17.3 Å². The van der Waals surface area contributed by atoms with Crippen molar-refractivity contribution in [1.82, 2.24) is 0 Å². The number of alkyl halides is 10. The van der Waals surface area contributed by atoms with Gasteiger partial charge in [0.1, 0.15) is 0 Å². The summed E-state index contributed by atoms with van der Waals surface area (Å²) in [6.07, 6.45) is -20.3. The molecule has 1 fully saturated rings. The molecule has 5 atom stereocenters. The lowest BCUT2D eigenvalue weighted by Crippen LogP contribution is -2.70. The zero-order chi connectivity index (χ0) is 21.9. The van der Waals surface area contributed by atoms with Gasteiger partial charge in [0.05, 0.1) is 5.41 Å². The van der Waals surface area contributed by atoms with E-state index in [9.17, 15) is 48.7 Å². The van der Waals surface area contributed by atoms with E-state index in [2.05, 4.69) is 4.74 Å². The molecule has 2 aliphatic carbocycles. The number of hydrogen-bond acceptors (Lipinski definition) is 3. The smallest absolute Gasteiger partial charge is 0.431 e. The second-order valence-electron chi connectivity index (χ2n) is 7.12. The van der Waals surface area contributed by atoms with Crippen LogP contribution in [0.3, 0.4) is 0 Å². The van der Waals surface area contributed by atoms with Gasteiger partial charge < -0.3 is 9.84 Å². The molecule has 2 aliphatic rings. The van der Waals surface area contributed by atoms with Gasteiger partial charge in [-0.15, -0.1) is 0 Å². The van der Waals surface area contributed by atoms with Crippen LogP contribution in [0.2, 0.25) is 0 Å². The highest BCUT2D eigenvalue weighted by molar-refractivity contribution is 5.78. The minimum atomic E-state index is -6.86. The maximum Gasteiger partial charge on any atom is 0.431 e. The number of aliphatic hydroxyl groups is 1. The quantitative estimate of drug-likeness (QED) is 0.401. The molecule has 0 radical (unpaired) electrons. The average molecular weight is 432 g/mol. The summed E-state index contributed by atoms with van der Waals surface area (Å²) in [6.45, 7) is 1.08. The summed E-state index contributed by atoms with van der Waals surface area (Å²) in [5.41, 5.74) is -8.14. The Kier molecular flexibility index (Phi) is 5.28. The molecule has 28 heavy (non-hydrogen) atoms. The summed E-state index contributed by atoms with van der Waals surface area (Å²) in [4.78, 5) is 12.2. The third kappa shape index (κ3) is 3.24. The topological polar surface area (TPSA) is 46.5 Å². The van der Waals surface area contributed by atoms with Crippen LogP contribution >= 0.6 is 0 Å². The first-order valence-electron chi connectivity index (χ1n) is 7.80. The third-order valence-corrected chi connectivity index (χ3v) is 5.25. The molecule has 0 aromatic carbocycles. The first-order chi connectivity index (χ1) is 12.4. The van der Waals surface area contributed by atoms with Crippen molar-refractivity contribution in [2.75, 3.05) is 0 Å². The van der Waals surface area contributed by atoms with Crippen molar-refractivity contribution in [3.63, 3.8) is 0 Å². The van der Waals surface area contributed by atoms with Crippen molar-refractivity contribution >= 4 is 5.97 Å². The van der Waals surface area contributed by atoms with E-state index in [0.717, 1.165) is 6.92 Å². The molecule has 3 nitrogen and oxygen atoms in total. The molecule has 0 aromatic heterocycles. The second kappa shape index (κ2) is 6.49. The number of fused-ring (bicyclic) bond motifs is 2. The summed E-state index contributed by atoms with van der Waals surface area (Å²) in [7, 11) is 0. The molecule has 162 valence electrons. The van der Waals surface area contributed by atoms with E-state index in [0.29, 0.717) is 6.42 Å². The Bertz CT molecular complexity index is 655. The predicted octanol–water partition coefficient (Wildman–Crippen LogP) is 4.26. The monoisotopic (exact) mass is 432 g/mol. The van der Waals surface area contributed by atoms with Gasteiger partial charge in [-0.1, -0.05) is 12.2 Å². The summed E-state index contributed by atoms with van der Waals surface area (Å²) in [6, 6.07) is 0. The molecule has 2 bridgehead atoms. The molecule has 0 saturated heterocycles. The SMILES string of the molecule is CC1(C(=O)OC(C(F)(F)F)C(F)(F)C(O)(C(F)F)C(F)(F)F)CC2C=CC1C2. The van der Waals surface area contributed by atoms with Gasteiger partial charge >= 0.3 is 24.2 Å². The van der Waals surface area contributed by atoms with Crippen molar-refractivity contribution in [2.45, 2.75) is 56.2 Å². The van der Waals surface area contributed by atoms with Crippen LogP contribution in [0.5, 0.6) is 0 Å². The molecule has 0 amide bonds. The van der Waals surface area contributed by atoms with E-state index >= 15 is 0 Å². The fraction of sp³-hybridized carbons (Fsp3) is 0.800. The number of carbonyl (C=O) groups is 1. The number of rotatable bonds is 5. The molecule has 0 aromatic rings. The standard InChI is InChI=1S/C15H14F10O3/c1-11(5-6-2-3-7(11)4-6)10(26)28-8(14(20,21)22)13(18,19)12(27,9(16)17)15(23,24)25/h2-3,6-9,27H,4-5H2,1H3. The Balaban J connectivity index is 2.43. The van der Waals surface area contributed by atoms with Crippen molar-refractivity contribution in [3.8, 4) is 0 Å². The highest BCUT2D eigenvalue weighted by atomic mass is 19.4. The molecule has 1 N–H and O–H groups in total. The van der Waals surface area contributed by atoms with Gasteiger partial charge in [0.2, 0.25) is 0 Å². The number of allylic oxidation sites excluding steroid dienone is 2. The van der Waals surface area contributed by atoms with Crippen molar-refractivity contribution in [1.29, 1.82) is 0 Å². The first-order valence-corrected chi connectivity index (χ1v) is 7.80. The van der Waals surface area contributed by atoms with E-state index in [1.54, 1.807) is 6.08 Å². The average Bonchev–Trinajstić information content (AvgIpc) is 3.09. The van der Waals surface area contributed by atoms with Gasteiger partial charge in [-0.05, 0) is 31.6 Å². The van der Waals surface area contributed by atoms with Crippen molar-refractivity contribution in [3.05, 3.63) is 12.2 Å². The van der Waals surface area contributed by atoms with Crippen LogP contribution in [0.4, 0.5) is 43.9 Å². The van der Waals surface area contributed by atoms with Crippen LogP contribution in [0.25, 0.3) is 0 Å². The summed E-state index contributed by atoms with van der Waals surface area (Å²) >= 11 is 0. The highest BCUT2D eigenvalue weighted by Gasteiger charge is 2.81. The zero-order valence-corrected chi connectivity index (χ0v) is 13.9. The Hall–Kier alpha value is -1.53. The lowest BCUT2D eigenvalue weighted by molar-refractivity contribution is -0.401. The van der Waals surface area contributed by atoms with Gasteiger partial charge in [-0.25, -0.2) is 8.78 Å². The van der Waals surface area contributed by atoms with Crippen LogP contribution in [-0.2, 0) is 9.53 Å². The summed E-state index contributed by atoms with van der Waals surface area (Å²) < 4.78 is 135. The Morgan fingerprint density at radius 3 is 1.96 bits per heavy atom. The van der Waals surface area contributed by atoms with Gasteiger partial charge in [0.15, 0.2) is 0 Å². The van der Waals surface area contributed by atoms with Gasteiger partial charge in [-0.2, -0.15) is 35.1 Å². The Morgan fingerprint density at radius 1 is 1.11 bits per heavy atom. The molecular formula is C15H14F10O3. The number of hydrogen-bond donors (Lipinski definition) is 1. The van der Waals surface area contributed by atoms with E-state index in [-0.39, 0.29) is 12.3 Å². The van der Waals surface area contributed by atoms with Gasteiger partial charge in [-0.3, -0.25) is 4.79 Å². The van der Waals surface area contributed by atoms with Crippen molar-refractivity contribution < 1.29 is 58.5 Å². The molecule has 5 unspecified atom stereocenters. The third-order valence-electron chi connectivity index (χ3n) is 5.25. The van der Waals surface area contributed by atoms with Gasteiger partial charge in [0.25, 0.3) is 18.1 Å². The molecule has 2 rings (SSSR count). The molecule has 0 aliphatic heterocycles. The first kappa shape index (κ1) is 22.8. The maximum atomic E-state index is 14.1. The molecule has 0 spiro atoms. The highest BCUT2D eigenvalue weighted by Crippen LogP contribution is 2.55. The molecule has 0 heterocycles. The Morgan fingerprint density at radius 2 is 1.64 bits per heavy atom. The number of carbonyl (C=O) groups excluding carboxylic acids is 1. The van der Waals surface area contributed by atoms with Crippen LogP contribution in [-0.4, -0.2) is 47.5 Å². The minimum absolute atomic E-state index is 0.110. The van der Waals surface area contributed by atoms with Gasteiger partial charge in [0, 0.05) is 0 Å². The molecular weight excluding hydrogens is 418 g/mol. The number of ether oxygens (including phenoxy) is 1. The summed E-state index contributed by atoms with van der Waals surface area (Å²) in [5, 5.41) is 8.91. The van der Waals surface area contributed by atoms with Crippen LogP contribution in [0.1, 0.15) is 19.8 Å². The maximum absolute atomic E-state index is 14.1. The molecule has 1 saturated carbocycles. The molecule has 13 heteroatoms. The largest absolute Gasteiger partial charge is 0.446 e. The summed E-state index contributed by atoms with van der Waals surface area (Å²) in [5.74, 6) is -9.51. The second-order valence-corrected chi connectivity index (χ2v) is 7.12. The van der Waals surface area contributed by atoms with Crippen LogP contribution < -0.4 is 0 Å². The van der Waals surface area contributed by atoms with Crippen molar-refractivity contribution in [2.24, 2.45) is 17.3 Å². The van der Waals surface area contributed by atoms with E-state index in [1.165, 1.54) is 6.08 Å². The number of halogens is 10. The zero-order valence-electron chi connectivity index (χ0n) is 13.9. The lowest BCUT2D eigenvalue weighted by atomic mass is 9.77. The van der Waals surface area contributed by atoms with E-state index < -0.39 is 53.7 Å². The van der Waals surface area contributed by atoms with Crippen LogP contribution in [0.15, 0.2) is 12.2 Å². The number of esters is 1. The Labute approximate surface area is 151 Å². The normalized spacial score (nSPS) is 31.2. The minimum Gasteiger partial charge on any atom is -0.446 e. The van der Waals surface area contributed by atoms with E-state index in [4.69, 9.17) is 5.11 Å². The van der Waals surface area contributed by atoms with E-state index in [1.807, 2.05) is 0 Å².